The van der Waals surface area contributed by atoms with E-state index in [0.29, 0.717) is 11.7 Å². The number of amides is 1. The normalized spacial score (nSPS) is 19.1. The zero-order valence-corrected chi connectivity index (χ0v) is 13.7. The first-order valence-electron chi connectivity index (χ1n) is 7.24. The Labute approximate surface area is 129 Å². The molecule has 110 valence electrons. The molecule has 20 heavy (non-hydrogen) atoms. The van der Waals surface area contributed by atoms with Crippen molar-refractivity contribution in [1.29, 1.82) is 0 Å². The first kappa shape index (κ1) is 15.4. The zero-order valence-electron chi connectivity index (χ0n) is 12.1. The van der Waals surface area contributed by atoms with Gasteiger partial charge in [0.2, 0.25) is 0 Å². The number of carbonyl (C=O) groups excluding carboxylic acids is 1. The molecule has 0 spiro atoms. The number of piperidine rings is 1. The van der Waals surface area contributed by atoms with E-state index in [0.717, 1.165) is 24.0 Å². The number of hydrogen-bond donors (Lipinski definition) is 1. The van der Waals surface area contributed by atoms with Crippen LogP contribution in [0.3, 0.4) is 0 Å². The summed E-state index contributed by atoms with van der Waals surface area (Å²) < 4.78 is 0.888. The van der Waals surface area contributed by atoms with Crippen molar-refractivity contribution in [2.24, 2.45) is 0 Å². The van der Waals surface area contributed by atoms with Crippen LogP contribution in [0.5, 0.6) is 0 Å². The molecule has 1 unspecified atom stereocenters. The fourth-order valence-corrected chi connectivity index (χ4v) is 2.73. The number of aromatic nitrogens is 1. The van der Waals surface area contributed by atoms with Crippen LogP contribution in [0.25, 0.3) is 0 Å². The Kier molecular flexibility index (Phi) is 5.54. The van der Waals surface area contributed by atoms with Crippen LogP contribution in [0.15, 0.2) is 22.8 Å². The SMILES string of the molecule is CC(C)N(CC1CCCCN1)C(=O)c1ccc(Br)cn1. The summed E-state index contributed by atoms with van der Waals surface area (Å²) >= 11 is 3.34. The average Bonchev–Trinajstić information content (AvgIpc) is 2.45. The van der Waals surface area contributed by atoms with Gasteiger partial charge in [0.1, 0.15) is 5.69 Å². The van der Waals surface area contributed by atoms with Crippen molar-refractivity contribution >= 4 is 21.8 Å². The Morgan fingerprint density at radius 1 is 1.50 bits per heavy atom. The van der Waals surface area contributed by atoms with Crippen LogP contribution in [0.1, 0.15) is 43.6 Å². The summed E-state index contributed by atoms with van der Waals surface area (Å²) in [5.41, 5.74) is 0.512. The Balaban J connectivity index is 2.07. The molecule has 1 saturated heterocycles. The number of carbonyl (C=O) groups is 1. The maximum Gasteiger partial charge on any atom is 0.272 e. The van der Waals surface area contributed by atoms with Crippen LogP contribution in [-0.4, -0.2) is 41.0 Å². The highest BCUT2D eigenvalue weighted by molar-refractivity contribution is 9.10. The lowest BCUT2D eigenvalue weighted by molar-refractivity contribution is 0.0670. The second-order valence-electron chi connectivity index (χ2n) is 5.56. The van der Waals surface area contributed by atoms with Crippen molar-refractivity contribution in [3.8, 4) is 0 Å². The van der Waals surface area contributed by atoms with Gasteiger partial charge in [0.05, 0.1) is 0 Å². The van der Waals surface area contributed by atoms with Crippen molar-refractivity contribution in [1.82, 2.24) is 15.2 Å². The van der Waals surface area contributed by atoms with Crippen molar-refractivity contribution in [2.45, 2.75) is 45.2 Å². The topological polar surface area (TPSA) is 45.2 Å². The molecular weight excluding hydrogens is 318 g/mol. The summed E-state index contributed by atoms with van der Waals surface area (Å²) in [4.78, 5) is 18.7. The third-order valence-corrected chi connectivity index (χ3v) is 4.13. The lowest BCUT2D eigenvalue weighted by Crippen LogP contribution is -2.48. The van der Waals surface area contributed by atoms with Crippen LogP contribution in [0, 0.1) is 0 Å². The first-order chi connectivity index (χ1) is 9.58. The Morgan fingerprint density at radius 3 is 2.85 bits per heavy atom. The van der Waals surface area contributed by atoms with Gasteiger partial charge in [-0.25, -0.2) is 4.98 Å². The summed E-state index contributed by atoms with van der Waals surface area (Å²) in [7, 11) is 0. The molecule has 1 aromatic heterocycles. The second-order valence-corrected chi connectivity index (χ2v) is 6.48. The molecule has 0 aromatic carbocycles. The lowest BCUT2D eigenvalue weighted by atomic mass is 10.0. The number of rotatable bonds is 4. The predicted octanol–water partition coefficient (Wildman–Crippen LogP) is 2.84. The molecule has 1 amide bonds. The van der Waals surface area contributed by atoms with E-state index in [9.17, 15) is 4.79 Å². The Bertz CT molecular complexity index is 441. The van der Waals surface area contributed by atoms with E-state index >= 15 is 0 Å². The number of hydrogen-bond acceptors (Lipinski definition) is 3. The van der Waals surface area contributed by atoms with Gasteiger partial charge in [-0.15, -0.1) is 0 Å². The second kappa shape index (κ2) is 7.18. The average molecular weight is 340 g/mol. The zero-order chi connectivity index (χ0) is 14.5. The molecule has 0 bridgehead atoms. The first-order valence-corrected chi connectivity index (χ1v) is 8.03. The summed E-state index contributed by atoms with van der Waals surface area (Å²) in [5, 5.41) is 3.50. The lowest BCUT2D eigenvalue weighted by Gasteiger charge is -2.33. The van der Waals surface area contributed by atoms with Gasteiger partial charge >= 0.3 is 0 Å². The van der Waals surface area contributed by atoms with Gasteiger partial charge in [-0.2, -0.15) is 0 Å². The molecular formula is C15H22BrN3O. The molecule has 1 aliphatic rings. The van der Waals surface area contributed by atoms with Crippen LogP contribution in [-0.2, 0) is 0 Å². The van der Waals surface area contributed by atoms with E-state index in [1.54, 1.807) is 12.3 Å². The summed E-state index contributed by atoms with van der Waals surface area (Å²) in [6, 6.07) is 4.22. The van der Waals surface area contributed by atoms with Gasteiger partial charge in [0, 0.05) is 29.3 Å². The van der Waals surface area contributed by atoms with Gasteiger partial charge < -0.3 is 10.2 Å². The smallest absolute Gasteiger partial charge is 0.272 e. The highest BCUT2D eigenvalue weighted by atomic mass is 79.9. The van der Waals surface area contributed by atoms with E-state index in [4.69, 9.17) is 0 Å². The van der Waals surface area contributed by atoms with Crippen molar-refractivity contribution in [3.63, 3.8) is 0 Å². The van der Waals surface area contributed by atoms with Crippen LogP contribution in [0.2, 0.25) is 0 Å². The third kappa shape index (κ3) is 4.03. The van der Waals surface area contributed by atoms with Crippen molar-refractivity contribution < 1.29 is 4.79 Å². The molecule has 4 nitrogen and oxygen atoms in total. The summed E-state index contributed by atoms with van der Waals surface area (Å²) in [6.45, 7) is 5.93. The third-order valence-electron chi connectivity index (χ3n) is 3.66. The van der Waals surface area contributed by atoms with Gasteiger partial charge in [-0.1, -0.05) is 6.42 Å². The van der Waals surface area contributed by atoms with Crippen LogP contribution >= 0.6 is 15.9 Å². The molecule has 2 heterocycles. The molecule has 1 aliphatic heterocycles. The van der Waals surface area contributed by atoms with Gasteiger partial charge in [0.15, 0.2) is 0 Å². The van der Waals surface area contributed by atoms with Crippen LogP contribution < -0.4 is 5.32 Å². The van der Waals surface area contributed by atoms with Gasteiger partial charge in [-0.3, -0.25) is 4.79 Å². The van der Waals surface area contributed by atoms with Gasteiger partial charge in [0.25, 0.3) is 5.91 Å². The van der Waals surface area contributed by atoms with E-state index in [1.165, 1.54) is 12.8 Å². The quantitative estimate of drug-likeness (QED) is 0.917. The number of pyridine rings is 1. The van der Waals surface area contributed by atoms with Crippen molar-refractivity contribution in [3.05, 3.63) is 28.5 Å². The molecule has 1 N–H and O–H groups in total. The van der Waals surface area contributed by atoms with E-state index < -0.39 is 0 Å². The van der Waals surface area contributed by atoms with E-state index in [1.807, 2.05) is 11.0 Å². The highest BCUT2D eigenvalue weighted by Crippen LogP contribution is 2.14. The Hall–Kier alpha value is -0.940. The minimum absolute atomic E-state index is 0.0138. The van der Waals surface area contributed by atoms with E-state index in [2.05, 4.69) is 40.1 Å². The predicted molar refractivity (Wildman–Crippen MR) is 83.8 cm³/mol. The largest absolute Gasteiger partial charge is 0.333 e. The highest BCUT2D eigenvalue weighted by Gasteiger charge is 2.24. The molecule has 1 aromatic rings. The van der Waals surface area contributed by atoms with Crippen molar-refractivity contribution in [2.75, 3.05) is 13.1 Å². The van der Waals surface area contributed by atoms with Gasteiger partial charge in [-0.05, 0) is 61.3 Å². The Morgan fingerprint density at radius 2 is 2.30 bits per heavy atom. The maximum absolute atomic E-state index is 12.6. The maximum atomic E-state index is 12.6. The summed E-state index contributed by atoms with van der Waals surface area (Å²) in [5.74, 6) is 0.0138. The van der Waals surface area contributed by atoms with Crippen LogP contribution in [0.4, 0.5) is 0 Å². The molecule has 1 fully saturated rings. The number of nitrogens with one attached hydrogen (secondary N) is 1. The minimum Gasteiger partial charge on any atom is -0.333 e. The molecule has 0 radical (unpaired) electrons. The number of halogens is 1. The standard InChI is InChI=1S/C15H22BrN3O/c1-11(2)19(10-13-5-3-4-8-17-13)15(20)14-7-6-12(16)9-18-14/h6-7,9,11,13,17H,3-5,8,10H2,1-2H3. The molecule has 5 heteroatoms. The monoisotopic (exact) mass is 339 g/mol. The fourth-order valence-electron chi connectivity index (χ4n) is 2.49. The fraction of sp³-hybridized carbons (Fsp3) is 0.600. The number of nitrogens with zero attached hydrogens (tertiary/aromatic N) is 2. The van der Waals surface area contributed by atoms with E-state index in [-0.39, 0.29) is 11.9 Å². The molecule has 1 atom stereocenters. The molecule has 0 saturated carbocycles. The molecule has 0 aliphatic carbocycles. The minimum atomic E-state index is 0.0138. The summed E-state index contributed by atoms with van der Waals surface area (Å²) in [6.07, 6.45) is 5.30. The molecule has 2 rings (SSSR count).